The predicted octanol–water partition coefficient (Wildman–Crippen LogP) is 11.5. The van der Waals surface area contributed by atoms with Crippen LogP contribution in [0.3, 0.4) is 0 Å². The molecule has 0 bridgehead atoms. The minimum Gasteiger partial charge on any atom is -0.494 e. The molecule has 1 heterocycles. The number of benzene rings is 6. The average Bonchev–Trinajstić information content (AvgIpc) is 3.47. The Bertz CT molecular complexity index is 2320. The Morgan fingerprint density at radius 1 is 0.492 bits per heavy atom. The highest BCUT2D eigenvalue weighted by Crippen LogP contribution is 2.47. The molecule has 0 spiro atoms. The first kappa shape index (κ1) is 40.1. The summed E-state index contributed by atoms with van der Waals surface area (Å²) < 4.78 is 34.0. The second-order valence-electron chi connectivity index (χ2n) is 13.9. The predicted molar refractivity (Wildman–Crippen MR) is 236 cm³/mol. The first-order chi connectivity index (χ1) is 29.0. The molecule has 1 aliphatic rings. The molecule has 0 aliphatic carbocycles. The van der Waals surface area contributed by atoms with Crippen LogP contribution in [-0.2, 0) is 19.1 Å². The first-order valence-electron chi connectivity index (χ1n) is 19.8. The zero-order valence-electron chi connectivity index (χ0n) is 32.9. The number of carbonyl (C=O) groups excluding carboxylic acids is 2. The summed E-state index contributed by atoms with van der Waals surface area (Å²) in [6, 6.07) is 37.2. The van der Waals surface area contributed by atoms with Crippen LogP contribution >= 0.6 is 0 Å². The molecule has 0 N–H and O–H groups in total. The van der Waals surface area contributed by atoms with Crippen molar-refractivity contribution in [1.29, 1.82) is 0 Å². The molecule has 0 fully saturated rings. The Morgan fingerprint density at radius 3 is 1.31 bits per heavy atom. The zero-order chi connectivity index (χ0) is 40.8. The summed E-state index contributed by atoms with van der Waals surface area (Å²) in [6.45, 7) is 8.75. The molecule has 8 heteroatoms. The summed E-state index contributed by atoms with van der Waals surface area (Å²) in [5, 5.41) is 4.38. The van der Waals surface area contributed by atoms with Crippen molar-refractivity contribution in [2.24, 2.45) is 0 Å². The van der Waals surface area contributed by atoms with Crippen molar-refractivity contribution in [3.63, 3.8) is 0 Å². The lowest BCUT2D eigenvalue weighted by Gasteiger charge is -2.14. The van der Waals surface area contributed by atoms with Crippen molar-refractivity contribution >= 4 is 57.8 Å². The minimum absolute atomic E-state index is 0.132. The molecular formula is C51H46O8. The van der Waals surface area contributed by atoms with Crippen molar-refractivity contribution in [3.8, 4) is 34.1 Å². The van der Waals surface area contributed by atoms with Gasteiger partial charge < -0.3 is 28.4 Å². The number of ether oxygens (including phenoxy) is 6. The second kappa shape index (κ2) is 19.9. The normalized spacial score (nSPS) is 11.9. The minimum atomic E-state index is -0.402. The number of fused-ring (bicyclic) bond motifs is 7. The van der Waals surface area contributed by atoms with Gasteiger partial charge >= 0.3 is 11.9 Å². The fourth-order valence-electron chi connectivity index (χ4n) is 6.76. The van der Waals surface area contributed by atoms with E-state index in [1.165, 1.54) is 12.2 Å². The topological polar surface area (TPSA) is 89.5 Å². The SMILES string of the molecule is C=CC(=O)OCCCCOc1ccc(/C=C\c2ccc3c4c(ccc3c2)OCOc2ccc3cc(/C=C\c5ccc(OCCCCOC(=O)C=C)cc5)ccc3c2-4)cc1. The Balaban J connectivity index is 1.01. The molecule has 0 atom stereocenters. The Hall–Kier alpha value is -7.06. The van der Waals surface area contributed by atoms with Crippen molar-refractivity contribution in [2.45, 2.75) is 25.7 Å². The fourth-order valence-corrected chi connectivity index (χ4v) is 6.76. The van der Waals surface area contributed by atoms with Gasteiger partial charge in [-0.25, -0.2) is 9.59 Å². The van der Waals surface area contributed by atoms with Crippen LogP contribution in [0.5, 0.6) is 23.0 Å². The lowest BCUT2D eigenvalue weighted by atomic mass is 9.91. The van der Waals surface area contributed by atoms with E-state index in [-0.39, 0.29) is 6.79 Å². The molecule has 6 aromatic rings. The second-order valence-corrected chi connectivity index (χ2v) is 13.9. The van der Waals surface area contributed by atoms with Gasteiger partial charge in [-0.15, -0.1) is 0 Å². The van der Waals surface area contributed by atoms with Crippen LogP contribution < -0.4 is 18.9 Å². The van der Waals surface area contributed by atoms with Crippen molar-refractivity contribution in [1.82, 2.24) is 0 Å². The summed E-state index contributed by atoms with van der Waals surface area (Å²) in [5.74, 6) is 2.37. The van der Waals surface area contributed by atoms with Gasteiger partial charge in [0.2, 0.25) is 6.79 Å². The monoisotopic (exact) mass is 786 g/mol. The van der Waals surface area contributed by atoms with Gasteiger partial charge in [0, 0.05) is 23.3 Å². The van der Waals surface area contributed by atoms with Crippen LogP contribution in [0.2, 0.25) is 0 Å². The van der Waals surface area contributed by atoms with E-state index in [9.17, 15) is 9.59 Å². The molecular weight excluding hydrogens is 741 g/mol. The van der Waals surface area contributed by atoms with Gasteiger partial charge in [0.15, 0.2) is 0 Å². The Labute approximate surface area is 344 Å². The van der Waals surface area contributed by atoms with Crippen molar-refractivity contribution in [3.05, 3.63) is 157 Å². The fraction of sp³-hybridized carbons (Fsp3) is 0.176. The van der Waals surface area contributed by atoms with Gasteiger partial charge in [-0.05, 0) is 118 Å². The molecule has 0 radical (unpaired) electrons. The highest BCUT2D eigenvalue weighted by atomic mass is 16.7. The quantitative estimate of drug-likeness (QED) is 0.0368. The van der Waals surface area contributed by atoms with Crippen LogP contribution in [0.25, 0.3) is 57.0 Å². The molecule has 7 rings (SSSR count). The van der Waals surface area contributed by atoms with Gasteiger partial charge in [0.1, 0.15) is 23.0 Å². The maximum Gasteiger partial charge on any atom is 0.330 e. The Morgan fingerprint density at radius 2 is 0.881 bits per heavy atom. The summed E-state index contributed by atoms with van der Waals surface area (Å²) in [6.07, 6.45) is 13.8. The molecule has 0 saturated heterocycles. The molecule has 8 nitrogen and oxygen atoms in total. The average molecular weight is 787 g/mol. The number of rotatable bonds is 18. The van der Waals surface area contributed by atoms with Gasteiger partial charge in [-0.3, -0.25) is 0 Å². The number of esters is 2. The smallest absolute Gasteiger partial charge is 0.330 e. The summed E-state index contributed by atoms with van der Waals surface area (Å²) in [7, 11) is 0. The van der Waals surface area contributed by atoms with Crippen LogP contribution in [0, 0.1) is 0 Å². The molecule has 1 aliphatic heterocycles. The molecule has 298 valence electrons. The van der Waals surface area contributed by atoms with Crippen LogP contribution in [0.15, 0.2) is 135 Å². The van der Waals surface area contributed by atoms with E-state index in [0.717, 1.165) is 104 Å². The summed E-state index contributed by atoms with van der Waals surface area (Å²) >= 11 is 0. The maximum absolute atomic E-state index is 11.1. The highest BCUT2D eigenvalue weighted by Gasteiger charge is 2.22. The lowest BCUT2D eigenvalue weighted by molar-refractivity contribution is -0.138. The van der Waals surface area contributed by atoms with Gasteiger partial charge in [-0.1, -0.05) is 98.1 Å². The molecule has 0 aromatic heterocycles. The summed E-state index contributed by atoms with van der Waals surface area (Å²) in [5.41, 5.74) is 6.33. The number of hydrogen-bond donors (Lipinski definition) is 0. The lowest BCUT2D eigenvalue weighted by Crippen LogP contribution is -2.04. The molecule has 0 amide bonds. The highest BCUT2D eigenvalue weighted by molar-refractivity contribution is 6.10. The third kappa shape index (κ3) is 10.7. The molecule has 0 saturated carbocycles. The van der Waals surface area contributed by atoms with E-state index in [1.807, 2.05) is 60.7 Å². The number of hydrogen-bond acceptors (Lipinski definition) is 8. The third-order valence-electron chi connectivity index (χ3n) is 9.82. The molecule has 59 heavy (non-hydrogen) atoms. The Kier molecular flexibility index (Phi) is 13.5. The van der Waals surface area contributed by atoms with E-state index in [0.29, 0.717) is 26.4 Å². The van der Waals surface area contributed by atoms with Gasteiger partial charge in [0.25, 0.3) is 0 Å². The van der Waals surface area contributed by atoms with Crippen molar-refractivity contribution < 1.29 is 38.0 Å². The van der Waals surface area contributed by atoms with E-state index in [2.05, 4.69) is 86.0 Å². The zero-order valence-corrected chi connectivity index (χ0v) is 32.9. The summed E-state index contributed by atoms with van der Waals surface area (Å²) in [4.78, 5) is 22.3. The first-order valence-corrected chi connectivity index (χ1v) is 19.8. The van der Waals surface area contributed by atoms with E-state index >= 15 is 0 Å². The number of unbranched alkanes of at least 4 members (excludes halogenated alkanes) is 2. The van der Waals surface area contributed by atoms with Gasteiger partial charge in [0.05, 0.1) is 26.4 Å². The third-order valence-corrected chi connectivity index (χ3v) is 9.82. The van der Waals surface area contributed by atoms with Crippen LogP contribution in [0.1, 0.15) is 47.9 Å². The van der Waals surface area contributed by atoms with Crippen molar-refractivity contribution in [2.75, 3.05) is 33.2 Å². The molecule has 0 unspecified atom stereocenters. The number of carbonyl (C=O) groups is 2. The molecule has 6 aromatic carbocycles. The van der Waals surface area contributed by atoms with Crippen LogP contribution in [-0.4, -0.2) is 45.2 Å². The van der Waals surface area contributed by atoms with Crippen LogP contribution in [0.4, 0.5) is 0 Å². The maximum atomic E-state index is 11.1. The standard InChI is InChI=1S/C51H46O8/c1-3-48(52)56-31-7-5-29-54-42-21-13-36(14-22-42)9-11-38-17-25-44-40(33-38)19-27-46-50(44)51-45-26-18-39(34-41(45)20-28-47(51)59-35-58-46)12-10-37-15-23-43(24-16-37)55-30-6-8-32-57-49(53)4-2/h3-4,9-28,33-34H,1-2,5-8,29-32,35H2/b11-9-,12-10-. The van der Waals surface area contributed by atoms with E-state index in [1.54, 1.807) is 0 Å². The van der Waals surface area contributed by atoms with Gasteiger partial charge in [-0.2, -0.15) is 0 Å². The van der Waals surface area contributed by atoms with E-state index in [4.69, 9.17) is 28.4 Å². The van der Waals surface area contributed by atoms with E-state index < -0.39 is 11.9 Å². The largest absolute Gasteiger partial charge is 0.494 e.